The van der Waals surface area contributed by atoms with Gasteiger partial charge in [0.25, 0.3) is 0 Å². The summed E-state index contributed by atoms with van der Waals surface area (Å²) in [5.74, 6) is 0.643. The molecule has 1 aliphatic rings. The molecule has 0 amide bonds. The Hall–Kier alpha value is -1.19. The Balaban J connectivity index is 1.99. The number of nitrogens with one attached hydrogen (secondary N) is 2. The number of thiazole rings is 1. The maximum absolute atomic E-state index is 12.3. The van der Waals surface area contributed by atoms with Gasteiger partial charge >= 0.3 is 0 Å². The standard InChI is InChI=1S/C16H28N4O3S2/c1-4-17-15(18-8-5-14-11-24-13(2)20-14)19-12-16(25(3,21)22)6-9-23-10-7-16/h11H,4-10,12H2,1-3H3,(H2,17,18,19). The number of rotatable bonds is 7. The van der Waals surface area contributed by atoms with E-state index in [-0.39, 0.29) is 6.54 Å². The Morgan fingerprint density at radius 1 is 1.40 bits per heavy atom. The van der Waals surface area contributed by atoms with Gasteiger partial charge in [-0.05, 0) is 26.7 Å². The van der Waals surface area contributed by atoms with E-state index in [0.717, 1.165) is 23.7 Å². The summed E-state index contributed by atoms with van der Waals surface area (Å²) in [5, 5.41) is 9.56. The van der Waals surface area contributed by atoms with E-state index in [0.29, 0.717) is 38.6 Å². The van der Waals surface area contributed by atoms with Crippen molar-refractivity contribution < 1.29 is 13.2 Å². The fourth-order valence-electron chi connectivity index (χ4n) is 2.79. The van der Waals surface area contributed by atoms with Crippen molar-refractivity contribution in [2.75, 3.05) is 39.1 Å². The molecule has 1 fully saturated rings. The summed E-state index contributed by atoms with van der Waals surface area (Å²) in [6.07, 6.45) is 3.10. The number of sulfone groups is 1. The molecule has 1 aliphatic heterocycles. The van der Waals surface area contributed by atoms with E-state index in [2.05, 4.69) is 26.0 Å². The van der Waals surface area contributed by atoms with Gasteiger partial charge in [0, 0.05) is 44.4 Å². The zero-order valence-corrected chi connectivity index (χ0v) is 16.8. The van der Waals surface area contributed by atoms with E-state index in [4.69, 9.17) is 4.74 Å². The van der Waals surface area contributed by atoms with Crippen LogP contribution in [0.2, 0.25) is 0 Å². The first-order valence-corrected chi connectivity index (χ1v) is 11.3. The van der Waals surface area contributed by atoms with Crippen molar-refractivity contribution in [2.45, 2.75) is 37.9 Å². The molecule has 2 rings (SSSR count). The summed E-state index contributed by atoms with van der Waals surface area (Å²) in [4.78, 5) is 9.00. The molecule has 0 unspecified atom stereocenters. The first kappa shape index (κ1) is 20.1. The summed E-state index contributed by atoms with van der Waals surface area (Å²) in [6.45, 7) is 6.58. The molecule has 142 valence electrons. The lowest BCUT2D eigenvalue weighted by Gasteiger charge is -2.34. The first-order chi connectivity index (χ1) is 11.9. The number of hydrogen-bond acceptors (Lipinski definition) is 6. The Morgan fingerprint density at radius 3 is 2.68 bits per heavy atom. The molecule has 0 aromatic carbocycles. The fourth-order valence-corrected chi connectivity index (χ4v) is 4.64. The molecule has 9 heteroatoms. The van der Waals surface area contributed by atoms with Crippen LogP contribution in [0.15, 0.2) is 10.4 Å². The van der Waals surface area contributed by atoms with Crippen LogP contribution in [-0.4, -0.2) is 63.2 Å². The maximum Gasteiger partial charge on any atom is 0.191 e. The van der Waals surface area contributed by atoms with Crippen molar-refractivity contribution in [3.63, 3.8) is 0 Å². The van der Waals surface area contributed by atoms with Crippen molar-refractivity contribution in [2.24, 2.45) is 4.99 Å². The van der Waals surface area contributed by atoms with Crippen LogP contribution >= 0.6 is 11.3 Å². The van der Waals surface area contributed by atoms with Gasteiger partial charge in [-0.25, -0.2) is 13.4 Å². The van der Waals surface area contributed by atoms with Gasteiger partial charge in [-0.1, -0.05) is 0 Å². The van der Waals surface area contributed by atoms with Crippen LogP contribution in [0.4, 0.5) is 0 Å². The first-order valence-electron chi connectivity index (χ1n) is 8.57. The number of nitrogens with zero attached hydrogens (tertiary/aromatic N) is 2. The van der Waals surface area contributed by atoms with Gasteiger partial charge in [0.1, 0.15) is 0 Å². The van der Waals surface area contributed by atoms with E-state index >= 15 is 0 Å². The highest BCUT2D eigenvalue weighted by Gasteiger charge is 2.42. The summed E-state index contributed by atoms with van der Waals surface area (Å²) in [7, 11) is -3.21. The van der Waals surface area contributed by atoms with E-state index in [1.807, 2.05) is 13.8 Å². The highest BCUT2D eigenvalue weighted by molar-refractivity contribution is 7.92. The van der Waals surface area contributed by atoms with Crippen molar-refractivity contribution in [3.05, 3.63) is 16.1 Å². The van der Waals surface area contributed by atoms with Gasteiger partial charge in [0.05, 0.1) is 22.0 Å². The molecule has 2 N–H and O–H groups in total. The quantitative estimate of drug-likeness (QED) is 0.538. The molecule has 0 radical (unpaired) electrons. The molecule has 0 bridgehead atoms. The predicted molar refractivity (Wildman–Crippen MR) is 102 cm³/mol. The predicted octanol–water partition coefficient (Wildman–Crippen LogP) is 1.14. The summed E-state index contributed by atoms with van der Waals surface area (Å²) < 4.78 is 29.1. The smallest absolute Gasteiger partial charge is 0.191 e. The molecule has 0 aliphatic carbocycles. The lowest BCUT2D eigenvalue weighted by atomic mass is 9.99. The van der Waals surface area contributed by atoms with Crippen molar-refractivity contribution in [3.8, 4) is 0 Å². The van der Waals surface area contributed by atoms with E-state index in [9.17, 15) is 8.42 Å². The van der Waals surface area contributed by atoms with E-state index < -0.39 is 14.6 Å². The van der Waals surface area contributed by atoms with Crippen LogP contribution in [0.5, 0.6) is 0 Å². The number of aliphatic imine (C=N–C) groups is 1. The minimum atomic E-state index is -3.21. The minimum absolute atomic E-state index is 0.250. The lowest BCUT2D eigenvalue weighted by Crippen LogP contribution is -2.47. The van der Waals surface area contributed by atoms with Crippen LogP contribution in [0.3, 0.4) is 0 Å². The zero-order valence-electron chi connectivity index (χ0n) is 15.2. The van der Waals surface area contributed by atoms with Crippen molar-refractivity contribution in [1.29, 1.82) is 0 Å². The second-order valence-electron chi connectivity index (χ2n) is 6.30. The molecule has 7 nitrogen and oxygen atoms in total. The van der Waals surface area contributed by atoms with Crippen LogP contribution in [-0.2, 0) is 21.0 Å². The van der Waals surface area contributed by atoms with Gasteiger partial charge in [-0.3, -0.25) is 4.99 Å². The highest BCUT2D eigenvalue weighted by Crippen LogP contribution is 2.29. The monoisotopic (exact) mass is 388 g/mol. The van der Waals surface area contributed by atoms with Gasteiger partial charge < -0.3 is 15.4 Å². The third-order valence-electron chi connectivity index (χ3n) is 4.40. The van der Waals surface area contributed by atoms with Gasteiger partial charge in [-0.15, -0.1) is 11.3 Å². The third-order valence-corrected chi connectivity index (χ3v) is 7.33. The molecule has 1 aromatic heterocycles. The van der Waals surface area contributed by atoms with Crippen LogP contribution < -0.4 is 10.6 Å². The zero-order chi connectivity index (χ0) is 18.3. The summed E-state index contributed by atoms with van der Waals surface area (Å²) in [6, 6.07) is 0. The highest BCUT2D eigenvalue weighted by atomic mass is 32.2. The number of ether oxygens (including phenoxy) is 1. The second-order valence-corrected chi connectivity index (χ2v) is 9.77. The molecule has 1 aromatic rings. The van der Waals surface area contributed by atoms with Crippen LogP contribution in [0, 0.1) is 6.92 Å². The number of hydrogen-bond donors (Lipinski definition) is 2. The average molecular weight is 389 g/mol. The Kier molecular flexibility index (Phi) is 7.21. The van der Waals surface area contributed by atoms with E-state index in [1.165, 1.54) is 6.26 Å². The molecular weight excluding hydrogens is 360 g/mol. The number of aromatic nitrogens is 1. The largest absolute Gasteiger partial charge is 0.381 e. The topological polar surface area (TPSA) is 92.7 Å². The van der Waals surface area contributed by atoms with Crippen LogP contribution in [0.1, 0.15) is 30.5 Å². The molecule has 0 spiro atoms. The van der Waals surface area contributed by atoms with Crippen molar-refractivity contribution in [1.82, 2.24) is 15.6 Å². The molecule has 0 atom stereocenters. The SMILES string of the molecule is CCNC(=NCC1(S(C)(=O)=O)CCOCC1)NCCc1csc(C)n1. The van der Waals surface area contributed by atoms with Gasteiger partial charge in [-0.2, -0.15) is 0 Å². The Labute approximate surface area is 154 Å². The Morgan fingerprint density at radius 2 is 2.12 bits per heavy atom. The molecule has 0 saturated carbocycles. The maximum atomic E-state index is 12.3. The van der Waals surface area contributed by atoms with Crippen molar-refractivity contribution >= 4 is 27.1 Å². The lowest BCUT2D eigenvalue weighted by molar-refractivity contribution is 0.0768. The molecule has 2 heterocycles. The fraction of sp³-hybridized carbons (Fsp3) is 0.750. The normalized spacial score (nSPS) is 18.1. The van der Waals surface area contributed by atoms with Gasteiger partial charge in [0.2, 0.25) is 0 Å². The number of guanidine groups is 1. The summed E-state index contributed by atoms with van der Waals surface area (Å²) >= 11 is 1.64. The van der Waals surface area contributed by atoms with Gasteiger partial charge in [0.15, 0.2) is 15.8 Å². The molecule has 1 saturated heterocycles. The second kappa shape index (κ2) is 8.95. The van der Waals surface area contributed by atoms with E-state index in [1.54, 1.807) is 11.3 Å². The third kappa shape index (κ3) is 5.65. The number of aryl methyl sites for hydroxylation is 1. The molecule has 25 heavy (non-hydrogen) atoms. The average Bonchev–Trinajstić information content (AvgIpc) is 2.98. The van der Waals surface area contributed by atoms with Crippen LogP contribution in [0.25, 0.3) is 0 Å². The summed E-state index contributed by atoms with van der Waals surface area (Å²) in [5.41, 5.74) is 1.06. The molecular formula is C16H28N4O3S2. The Bertz CT molecular complexity index is 679. The minimum Gasteiger partial charge on any atom is -0.381 e.